The Balaban J connectivity index is 2.60. The fourth-order valence-electron chi connectivity index (χ4n) is 1.55. The van der Waals surface area contributed by atoms with Gasteiger partial charge in [0.2, 0.25) is 5.91 Å². The van der Waals surface area contributed by atoms with E-state index in [0.29, 0.717) is 23.6 Å². The van der Waals surface area contributed by atoms with Gasteiger partial charge in [-0.1, -0.05) is 19.9 Å². The van der Waals surface area contributed by atoms with Gasteiger partial charge in [0.15, 0.2) is 0 Å². The molecular weight excluding hydrogens is 256 g/mol. The number of aryl methyl sites for hydroxylation is 1. The van der Waals surface area contributed by atoms with Crippen molar-refractivity contribution < 1.29 is 14.7 Å². The van der Waals surface area contributed by atoms with E-state index in [0.717, 1.165) is 0 Å². The van der Waals surface area contributed by atoms with E-state index in [2.05, 4.69) is 10.6 Å². The number of nitrogens with one attached hydrogen (secondary N) is 2. The summed E-state index contributed by atoms with van der Waals surface area (Å²) in [6, 6.07) is 4.05. The van der Waals surface area contributed by atoms with Gasteiger partial charge in [0.1, 0.15) is 11.8 Å². The minimum atomic E-state index is -0.621. The highest BCUT2D eigenvalue weighted by Crippen LogP contribution is 2.17. The van der Waals surface area contributed by atoms with Crippen LogP contribution in [0.25, 0.3) is 0 Å². The summed E-state index contributed by atoms with van der Waals surface area (Å²) < 4.78 is 0. The van der Waals surface area contributed by atoms with E-state index < -0.39 is 6.04 Å². The first-order valence-corrected chi connectivity index (χ1v) is 6.69. The number of rotatable bonds is 5. The van der Waals surface area contributed by atoms with Crippen molar-refractivity contribution in [3.63, 3.8) is 0 Å². The van der Waals surface area contributed by atoms with Crippen LogP contribution in [0.15, 0.2) is 18.2 Å². The Hall–Kier alpha value is -2.04. The van der Waals surface area contributed by atoms with Crippen LogP contribution < -0.4 is 10.6 Å². The lowest BCUT2D eigenvalue weighted by atomic mass is 10.1. The normalized spacial score (nSPS) is 12.1. The van der Waals surface area contributed by atoms with Gasteiger partial charge in [-0.2, -0.15) is 0 Å². The van der Waals surface area contributed by atoms with Crippen LogP contribution >= 0.6 is 0 Å². The third-order valence-electron chi connectivity index (χ3n) is 2.90. The van der Waals surface area contributed by atoms with E-state index in [1.54, 1.807) is 26.0 Å². The van der Waals surface area contributed by atoms with Crippen molar-refractivity contribution in [3.8, 4) is 5.75 Å². The van der Waals surface area contributed by atoms with Crippen molar-refractivity contribution in [1.29, 1.82) is 0 Å². The third-order valence-corrected chi connectivity index (χ3v) is 2.90. The SMILES string of the molecule is Cc1ccc(C(=O)NC(C)C(=O)NCC(C)C)cc1O. The molecule has 20 heavy (non-hydrogen) atoms. The molecule has 0 aliphatic rings. The lowest BCUT2D eigenvalue weighted by molar-refractivity contribution is -0.122. The molecule has 2 amide bonds. The number of hydrogen-bond donors (Lipinski definition) is 3. The number of carbonyl (C=O) groups is 2. The molecular formula is C15H22N2O3. The summed E-state index contributed by atoms with van der Waals surface area (Å²) in [5.74, 6) is -0.179. The van der Waals surface area contributed by atoms with E-state index in [4.69, 9.17) is 0 Å². The first-order valence-electron chi connectivity index (χ1n) is 6.69. The molecule has 1 rings (SSSR count). The zero-order valence-electron chi connectivity index (χ0n) is 12.4. The Morgan fingerprint density at radius 1 is 1.25 bits per heavy atom. The van der Waals surface area contributed by atoms with Crippen molar-refractivity contribution >= 4 is 11.8 Å². The molecule has 1 aromatic rings. The highest BCUT2D eigenvalue weighted by atomic mass is 16.3. The summed E-state index contributed by atoms with van der Waals surface area (Å²) in [5.41, 5.74) is 1.03. The average Bonchev–Trinajstić information content (AvgIpc) is 2.38. The topological polar surface area (TPSA) is 78.4 Å². The van der Waals surface area contributed by atoms with Crippen molar-refractivity contribution in [2.75, 3.05) is 6.54 Å². The van der Waals surface area contributed by atoms with Gasteiger partial charge < -0.3 is 15.7 Å². The molecule has 0 aromatic heterocycles. The van der Waals surface area contributed by atoms with Gasteiger partial charge in [-0.05, 0) is 37.5 Å². The fourth-order valence-corrected chi connectivity index (χ4v) is 1.55. The molecule has 0 saturated heterocycles. The molecule has 0 aliphatic heterocycles. The monoisotopic (exact) mass is 278 g/mol. The Kier molecular flexibility index (Phi) is 5.55. The molecule has 1 atom stereocenters. The van der Waals surface area contributed by atoms with Crippen LogP contribution in [-0.4, -0.2) is 29.5 Å². The average molecular weight is 278 g/mol. The first-order chi connectivity index (χ1) is 9.31. The van der Waals surface area contributed by atoms with Crippen LogP contribution in [0.4, 0.5) is 0 Å². The van der Waals surface area contributed by atoms with Crippen LogP contribution in [0.5, 0.6) is 5.75 Å². The van der Waals surface area contributed by atoms with E-state index in [-0.39, 0.29) is 17.6 Å². The van der Waals surface area contributed by atoms with Gasteiger partial charge in [0.25, 0.3) is 5.91 Å². The number of phenols is 1. The van der Waals surface area contributed by atoms with Gasteiger partial charge >= 0.3 is 0 Å². The maximum Gasteiger partial charge on any atom is 0.252 e. The van der Waals surface area contributed by atoms with Crippen molar-refractivity contribution in [3.05, 3.63) is 29.3 Å². The van der Waals surface area contributed by atoms with Crippen LogP contribution in [0.2, 0.25) is 0 Å². The third kappa shape index (κ3) is 4.57. The van der Waals surface area contributed by atoms with Crippen LogP contribution in [0.1, 0.15) is 36.7 Å². The minimum Gasteiger partial charge on any atom is -0.508 e. The zero-order valence-corrected chi connectivity index (χ0v) is 12.4. The first kappa shape index (κ1) is 16.0. The molecule has 1 aromatic carbocycles. The Labute approximate surface area is 119 Å². The molecule has 0 heterocycles. The molecule has 5 nitrogen and oxygen atoms in total. The van der Waals surface area contributed by atoms with Gasteiger partial charge in [-0.25, -0.2) is 0 Å². The number of hydrogen-bond acceptors (Lipinski definition) is 3. The number of phenolic OH excluding ortho intramolecular Hbond substituents is 1. The van der Waals surface area contributed by atoms with Gasteiger partial charge in [-0.3, -0.25) is 9.59 Å². The smallest absolute Gasteiger partial charge is 0.252 e. The van der Waals surface area contributed by atoms with Crippen LogP contribution in [-0.2, 0) is 4.79 Å². The molecule has 0 aliphatic carbocycles. The van der Waals surface area contributed by atoms with Gasteiger partial charge in [0, 0.05) is 12.1 Å². The second-order valence-corrected chi connectivity index (χ2v) is 5.34. The van der Waals surface area contributed by atoms with Crippen molar-refractivity contribution in [1.82, 2.24) is 10.6 Å². The summed E-state index contributed by atoms with van der Waals surface area (Å²) in [7, 11) is 0. The Bertz CT molecular complexity index is 498. The van der Waals surface area contributed by atoms with E-state index in [9.17, 15) is 14.7 Å². The molecule has 1 unspecified atom stereocenters. The highest BCUT2D eigenvalue weighted by molar-refractivity contribution is 5.97. The Morgan fingerprint density at radius 2 is 1.90 bits per heavy atom. The van der Waals surface area contributed by atoms with E-state index >= 15 is 0 Å². The summed E-state index contributed by atoms with van der Waals surface area (Å²) >= 11 is 0. The second kappa shape index (κ2) is 6.93. The minimum absolute atomic E-state index is 0.0644. The van der Waals surface area contributed by atoms with E-state index in [1.807, 2.05) is 13.8 Å². The highest BCUT2D eigenvalue weighted by Gasteiger charge is 2.17. The lowest BCUT2D eigenvalue weighted by Crippen LogP contribution is -2.45. The fraction of sp³-hybridized carbons (Fsp3) is 0.467. The maximum absolute atomic E-state index is 12.0. The zero-order chi connectivity index (χ0) is 15.3. The second-order valence-electron chi connectivity index (χ2n) is 5.34. The van der Waals surface area contributed by atoms with Crippen LogP contribution in [0.3, 0.4) is 0 Å². The largest absolute Gasteiger partial charge is 0.508 e. The maximum atomic E-state index is 12.0. The molecule has 110 valence electrons. The predicted octanol–water partition coefficient (Wildman–Crippen LogP) is 1.59. The number of benzene rings is 1. The molecule has 0 bridgehead atoms. The summed E-state index contributed by atoms with van der Waals surface area (Å²) in [5, 5.41) is 14.9. The van der Waals surface area contributed by atoms with Crippen molar-refractivity contribution in [2.24, 2.45) is 5.92 Å². The number of carbonyl (C=O) groups excluding carboxylic acids is 2. The summed E-state index contributed by atoms with van der Waals surface area (Å²) in [6.07, 6.45) is 0. The van der Waals surface area contributed by atoms with Crippen molar-refractivity contribution in [2.45, 2.75) is 33.7 Å². The standard InChI is InChI=1S/C15H22N2O3/c1-9(2)8-16-14(19)11(4)17-15(20)12-6-5-10(3)13(18)7-12/h5-7,9,11,18H,8H2,1-4H3,(H,16,19)(H,17,20). The van der Waals surface area contributed by atoms with Gasteiger partial charge in [-0.15, -0.1) is 0 Å². The predicted molar refractivity (Wildman–Crippen MR) is 77.6 cm³/mol. The molecule has 0 spiro atoms. The number of aromatic hydroxyl groups is 1. The molecule has 3 N–H and O–H groups in total. The lowest BCUT2D eigenvalue weighted by Gasteiger charge is -2.15. The number of amides is 2. The van der Waals surface area contributed by atoms with E-state index in [1.165, 1.54) is 6.07 Å². The quantitative estimate of drug-likeness (QED) is 0.765. The molecule has 0 radical (unpaired) electrons. The summed E-state index contributed by atoms with van der Waals surface area (Å²) in [6.45, 7) is 7.95. The molecule has 0 saturated carbocycles. The van der Waals surface area contributed by atoms with Gasteiger partial charge in [0.05, 0.1) is 0 Å². The molecule has 0 fully saturated rings. The molecule has 5 heteroatoms. The Morgan fingerprint density at radius 3 is 2.45 bits per heavy atom. The summed E-state index contributed by atoms with van der Waals surface area (Å²) in [4.78, 5) is 23.7. The van der Waals surface area contributed by atoms with Crippen LogP contribution in [0, 0.1) is 12.8 Å².